The Morgan fingerprint density at radius 2 is 1.56 bits per heavy atom. The van der Waals surface area contributed by atoms with Crippen molar-refractivity contribution >= 4 is 17.5 Å². The topological polar surface area (TPSA) is 60.4 Å². The maximum Gasteiger partial charge on any atom is 0.337 e. The number of methoxy groups -OCH3 is 1. The first-order valence-electron chi connectivity index (χ1n) is 4.86. The van der Waals surface area contributed by atoms with Crippen LogP contribution in [0, 0.1) is 0 Å². The van der Waals surface area contributed by atoms with Crippen molar-refractivity contribution in [3.8, 4) is 0 Å². The predicted octanol–water partition coefficient (Wildman–Crippen LogP) is 1.64. The van der Waals surface area contributed by atoms with E-state index in [0.29, 0.717) is 11.1 Å². The molecule has 0 aliphatic rings. The number of benzene rings is 1. The molecule has 0 unspecified atom stereocenters. The van der Waals surface area contributed by atoms with Crippen LogP contribution in [0.15, 0.2) is 24.3 Å². The molecule has 0 aromatic heterocycles. The summed E-state index contributed by atoms with van der Waals surface area (Å²) in [7, 11) is 1.28. The number of carbonyl (C=O) groups is 3. The molecular formula is C12H12O4. The number of ketones is 2. The molecule has 0 bridgehead atoms. The van der Waals surface area contributed by atoms with E-state index in [0.717, 1.165) is 0 Å². The van der Waals surface area contributed by atoms with Gasteiger partial charge in [-0.2, -0.15) is 0 Å². The Morgan fingerprint density at radius 3 is 2.00 bits per heavy atom. The lowest BCUT2D eigenvalue weighted by Crippen LogP contribution is -2.12. The van der Waals surface area contributed by atoms with Crippen LogP contribution in [0.25, 0.3) is 0 Å². The van der Waals surface area contributed by atoms with Gasteiger partial charge in [0.25, 0.3) is 0 Å². The van der Waals surface area contributed by atoms with Crippen LogP contribution in [0.3, 0.4) is 0 Å². The Bertz CT molecular complexity index is 417. The lowest BCUT2D eigenvalue weighted by molar-refractivity contribution is -0.114. The maximum atomic E-state index is 11.5. The third-order valence-corrected chi connectivity index (χ3v) is 2.14. The first-order chi connectivity index (χ1) is 7.60. The summed E-state index contributed by atoms with van der Waals surface area (Å²) in [6.07, 6.45) is 0.178. The molecule has 4 heteroatoms. The zero-order chi connectivity index (χ0) is 12.1. The molecule has 0 fully saturated rings. The monoisotopic (exact) mass is 220 g/mol. The fourth-order valence-corrected chi connectivity index (χ4v) is 1.20. The van der Waals surface area contributed by atoms with Gasteiger partial charge in [-0.05, 0) is 12.1 Å². The molecule has 1 aromatic carbocycles. The lowest BCUT2D eigenvalue weighted by Gasteiger charge is -2.01. The molecule has 1 aromatic rings. The van der Waals surface area contributed by atoms with Crippen molar-refractivity contribution in [2.45, 2.75) is 13.3 Å². The summed E-state index contributed by atoms with van der Waals surface area (Å²) in [5, 5.41) is 0. The average Bonchev–Trinajstić information content (AvgIpc) is 2.36. The number of esters is 1. The van der Waals surface area contributed by atoms with Crippen LogP contribution in [0.5, 0.6) is 0 Å². The summed E-state index contributed by atoms with van der Waals surface area (Å²) in [6, 6.07) is 5.81. The normalized spacial score (nSPS) is 9.62. The highest BCUT2D eigenvalue weighted by Gasteiger charge is 2.14. The number of rotatable bonds is 4. The van der Waals surface area contributed by atoms with Crippen molar-refractivity contribution in [3.05, 3.63) is 35.4 Å². The summed E-state index contributed by atoms with van der Waals surface area (Å²) in [4.78, 5) is 33.7. The van der Waals surface area contributed by atoms with Gasteiger partial charge in [-0.25, -0.2) is 4.79 Å². The van der Waals surface area contributed by atoms with E-state index in [1.54, 1.807) is 6.92 Å². The van der Waals surface area contributed by atoms with Gasteiger partial charge in [0.05, 0.1) is 12.7 Å². The SMILES string of the molecule is CCC(=O)C(=O)c1ccc(C(=O)OC)cc1. The molecule has 0 amide bonds. The molecule has 0 radical (unpaired) electrons. The molecule has 0 aliphatic heterocycles. The second-order valence-corrected chi connectivity index (χ2v) is 3.17. The molecule has 16 heavy (non-hydrogen) atoms. The van der Waals surface area contributed by atoms with Crippen molar-refractivity contribution in [1.29, 1.82) is 0 Å². The van der Waals surface area contributed by atoms with Gasteiger partial charge in [0.1, 0.15) is 0 Å². The summed E-state index contributed by atoms with van der Waals surface area (Å²) in [5.74, 6) is -1.44. The van der Waals surface area contributed by atoms with Crippen LogP contribution < -0.4 is 0 Å². The van der Waals surface area contributed by atoms with Crippen molar-refractivity contribution in [2.24, 2.45) is 0 Å². The summed E-state index contributed by atoms with van der Waals surface area (Å²) in [6.45, 7) is 1.63. The van der Waals surface area contributed by atoms with Crippen LogP contribution in [0.1, 0.15) is 34.1 Å². The van der Waals surface area contributed by atoms with Gasteiger partial charge >= 0.3 is 5.97 Å². The molecule has 4 nitrogen and oxygen atoms in total. The largest absolute Gasteiger partial charge is 0.465 e. The van der Waals surface area contributed by atoms with Crippen LogP contribution in [0.4, 0.5) is 0 Å². The van der Waals surface area contributed by atoms with Crippen molar-refractivity contribution in [1.82, 2.24) is 0 Å². The predicted molar refractivity (Wildman–Crippen MR) is 57.4 cm³/mol. The van der Waals surface area contributed by atoms with Gasteiger partial charge in [-0.1, -0.05) is 19.1 Å². The molecule has 84 valence electrons. The van der Waals surface area contributed by atoms with E-state index in [2.05, 4.69) is 4.74 Å². The number of Topliss-reactive ketones (excluding diaryl/α,β-unsaturated/α-hetero) is 2. The van der Waals surface area contributed by atoms with Gasteiger partial charge in [0.15, 0.2) is 0 Å². The number of carbonyl (C=O) groups excluding carboxylic acids is 3. The Labute approximate surface area is 93.2 Å². The lowest BCUT2D eigenvalue weighted by atomic mass is 10.0. The summed E-state index contributed by atoms with van der Waals surface area (Å²) < 4.78 is 4.51. The van der Waals surface area contributed by atoms with Crippen LogP contribution >= 0.6 is 0 Å². The van der Waals surface area contributed by atoms with Crippen molar-refractivity contribution in [3.63, 3.8) is 0 Å². The highest BCUT2D eigenvalue weighted by atomic mass is 16.5. The summed E-state index contributed by atoms with van der Waals surface area (Å²) >= 11 is 0. The molecule has 0 heterocycles. The standard InChI is InChI=1S/C12H12O4/c1-3-10(13)11(14)8-4-6-9(7-5-8)12(15)16-2/h4-7H,3H2,1-2H3. The van der Waals surface area contributed by atoms with Crippen LogP contribution in [-0.2, 0) is 9.53 Å². The Hall–Kier alpha value is -1.97. The number of hydrogen-bond acceptors (Lipinski definition) is 4. The van der Waals surface area contributed by atoms with Gasteiger partial charge in [0, 0.05) is 12.0 Å². The van der Waals surface area contributed by atoms with E-state index < -0.39 is 17.5 Å². The van der Waals surface area contributed by atoms with E-state index in [4.69, 9.17) is 0 Å². The quantitative estimate of drug-likeness (QED) is 0.439. The number of hydrogen-bond donors (Lipinski definition) is 0. The zero-order valence-electron chi connectivity index (χ0n) is 9.15. The average molecular weight is 220 g/mol. The van der Waals surface area contributed by atoms with Gasteiger partial charge < -0.3 is 4.74 Å². The maximum absolute atomic E-state index is 11.5. The van der Waals surface area contributed by atoms with Crippen LogP contribution in [0.2, 0.25) is 0 Å². The van der Waals surface area contributed by atoms with E-state index in [-0.39, 0.29) is 6.42 Å². The van der Waals surface area contributed by atoms with Gasteiger partial charge in [0.2, 0.25) is 11.6 Å². The van der Waals surface area contributed by atoms with Crippen LogP contribution in [-0.4, -0.2) is 24.6 Å². The fraction of sp³-hybridized carbons (Fsp3) is 0.250. The third kappa shape index (κ3) is 2.53. The molecule has 0 spiro atoms. The first-order valence-corrected chi connectivity index (χ1v) is 4.86. The smallest absolute Gasteiger partial charge is 0.337 e. The molecule has 0 aliphatic carbocycles. The minimum atomic E-state index is -0.529. The highest BCUT2D eigenvalue weighted by Crippen LogP contribution is 2.07. The zero-order valence-corrected chi connectivity index (χ0v) is 9.15. The molecule has 0 saturated heterocycles. The molecule has 1 rings (SSSR count). The van der Waals surface area contributed by atoms with E-state index in [1.807, 2.05) is 0 Å². The first kappa shape index (κ1) is 12.1. The van der Waals surface area contributed by atoms with E-state index >= 15 is 0 Å². The van der Waals surface area contributed by atoms with Crippen molar-refractivity contribution < 1.29 is 19.1 Å². The molecule has 0 N–H and O–H groups in total. The Balaban J connectivity index is 2.91. The number of ether oxygens (including phenoxy) is 1. The van der Waals surface area contributed by atoms with Gasteiger partial charge in [-0.3, -0.25) is 9.59 Å². The molecular weight excluding hydrogens is 208 g/mol. The minimum absolute atomic E-state index is 0.178. The minimum Gasteiger partial charge on any atom is -0.465 e. The van der Waals surface area contributed by atoms with E-state index in [1.165, 1.54) is 31.4 Å². The highest BCUT2D eigenvalue weighted by molar-refractivity contribution is 6.43. The second-order valence-electron chi connectivity index (χ2n) is 3.17. The summed E-state index contributed by atoms with van der Waals surface area (Å²) in [5.41, 5.74) is 0.641. The fourth-order valence-electron chi connectivity index (χ4n) is 1.20. The Kier molecular flexibility index (Phi) is 3.94. The van der Waals surface area contributed by atoms with Gasteiger partial charge in [-0.15, -0.1) is 0 Å². The van der Waals surface area contributed by atoms with Crippen molar-refractivity contribution in [2.75, 3.05) is 7.11 Å². The Morgan fingerprint density at radius 1 is 1.06 bits per heavy atom. The molecule has 0 saturated carbocycles. The molecule has 0 atom stereocenters. The van der Waals surface area contributed by atoms with E-state index in [9.17, 15) is 14.4 Å². The second kappa shape index (κ2) is 5.21. The third-order valence-electron chi connectivity index (χ3n) is 2.14.